The zero-order valence-electron chi connectivity index (χ0n) is 12.9. The van der Waals surface area contributed by atoms with Crippen molar-refractivity contribution in [2.75, 3.05) is 31.8 Å². The summed E-state index contributed by atoms with van der Waals surface area (Å²) in [6.45, 7) is 0.496. The molecule has 0 saturated carbocycles. The normalized spacial score (nSPS) is 19.4. The molecule has 1 unspecified atom stereocenters. The molecule has 1 atom stereocenters. The zero-order chi connectivity index (χ0) is 16.9. The minimum atomic E-state index is -3.15. The van der Waals surface area contributed by atoms with E-state index in [1.165, 1.54) is 18.3 Å². The minimum absolute atomic E-state index is 0.0302. The van der Waals surface area contributed by atoms with E-state index in [0.717, 1.165) is 0 Å². The number of nitrogens with one attached hydrogen (secondary N) is 1. The molecule has 1 aliphatic rings. The van der Waals surface area contributed by atoms with Crippen LogP contribution in [0.3, 0.4) is 0 Å². The third-order valence-electron chi connectivity index (χ3n) is 3.64. The van der Waals surface area contributed by atoms with E-state index >= 15 is 0 Å². The third kappa shape index (κ3) is 4.80. The number of amides is 2. The zero-order valence-corrected chi connectivity index (χ0v) is 13.7. The van der Waals surface area contributed by atoms with E-state index in [0.29, 0.717) is 12.2 Å². The summed E-state index contributed by atoms with van der Waals surface area (Å²) in [6, 6.07) is 2.87. The van der Waals surface area contributed by atoms with Gasteiger partial charge in [-0.1, -0.05) is 0 Å². The summed E-state index contributed by atoms with van der Waals surface area (Å²) >= 11 is 0. The molecule has 1 fully saturated rings. The molecule has 9 heteroatoms. The van der Waals surface area contributed by atoms with Gasteiger partial charge in [0, 0.05) is 19.7 Å². The van der Waals surface area contributed by atoms with E-state index in [2.05, 4.69) is 5.32 Å². The maximum absolute atomic E-state index is 12.3. The van der Waals surface area contributed by atoms with Crippen LogP contribution < -0.4 is 5.32 Å². The Kier molecular flexibility index (Phi) is 5.78. The largest absolute Gasteiger partial charge is 0.467 e. The first kappa shape index (κ1) is 17.5. The van der Waals surface area contributed by atoms with Gasteiger partial charge in [-0.3, -0.25) is 9.59 Å². The van der Waals surface area contributed by atoms with Crippen LogP contribution in [-0.2, 0) is 30.7 Å². The van der Waals surface area contributed by atoms with Gasteiger partial charge >= 0.3 is 11.8 Å². The predicted octanol–water partition coefficient (Wildman–Crippen LogP) is -0.442. The van der Waals surface area contributed by atoms with E-state index in [1.807, 2.05) is 0 Å². The summed E-state index contributed by atoms with van der Waals surface area (Å²) in [4.78, 5) is 25.6. The van der Waals surface area contributed by atoms with Crippen molar-refractivity contribution in [3.05, 3.63) is 24.2 Å². The Balaban J connectivity index is 1.99. The number of carbonyl (C=O) groups is 2. The molecule has 0 spiro atoms. The Morgan fingerprint density at radius 2 is 2.26 bits per heavy atom. The van der Waals surface area contributed by atoms with Crippen molar-refractivity contribution in [2.24, 2.45) is 0 Å². The van der Waals surface area contributed by atoms with Gasteiger partial charge in [-0.2, -0.15) is 0 Å². The molecule has 23 heavy (non-hydrogen) atoms. The number of hydrogen-bond acceptors (Lipinski definition) is 6. The van der Waals surface area contributed by atoms with Crippen molar-refractivity contribution in [3.8, 4) is 0 Å². The lowest BCUT2D eigenvalue weighted by Gasteiger charge is -2.27. The van der Waals surface area contributed by atoms with Gasteiger partial charge in [0.1, 0.15) is 5.76 Å². The number of hydrogen-bond donors (Lipinski definition) is 1. The Morgan fingerprint density at radius 3 is 2.83 bits per heavy atom. The van der Waals surface area contributed by atoms with Gasteiger partial charge in [-0.15, -0.1) is 0 Å². The van der Waals surface area contributed by atoms with Crippen LogP contribution in [0.25, 0.3) is 0 Å². The first-order valence-electron chi connectivity index (χ1n) is 7.23. The highest BCUT2D eigenvalue weighted by Crippen LogP contribution is 2.18. The smallest absolute Gasteiger partial charge is 0.312 e. The van der Waals surface area contributed by atoms with E-state index < -0.39 is 27.7 Å². The highest BCUT2D eigenvalue weighted by Gasteiger charge is 2.36. The molecule has 0 aromatic carbocycles. The Morgan fingerprint density at radius 1 is 1.48 bits per heavy atom. The predicted molar refractivity (Wildman–Crippen MR) is 81.2 cm³/mol. The van der Waals surface area contributed by atoms with Crippen LogP contribution in [0.2, 0.25) is 0 Å². The average molecular weight is 344 g/mol. The summed E-state index contributed by atoms with van der Waals surface area (Å²) < 4.78 is 33.2. The second-order valence-corrected chi connectivity index (χ2v) is 7.54. The van der Waals surface area contributed by atoms with Crippen LogP contribution in [0.15, 0.2) is 22.8 Å². The number of sulfone groups is 1. The number of rotatable bonds is 6. The molecular formula is C14H20N2O6S. The molecule has 1 aromatic rings. The summed E-state index contributed by atoms with van der Waals surface area (Å²) in [5.41, 5.74) is 0. The Hall–Kier alpha value is -1.87. The van der Waals surface area contributed by atoms with Crippen LogP contribution in [-0.4, -0.2) is 62.9 Å². The minimum Gasteiger partial charge on any atom is -0.467 e. The van der Waals surface area contributed by atoms with Crippen molar-refractivity contribution in [1.82, 2.24) is 10.2 Å². The quantitative estimate of drug-likeness (QED) is 0.701. The standard InChI is InChI=1S/C14H20N2O6S/c1-21-7-5-16(11-4-8-23(19,20)10-11)14(18)13(17)15-9-12-3-2-6-22-12/h2-3,6,11H,4-5,7-10H2,1H3,(H,15,17). The summed E-state index contributed by atoms with van der Waals surface area (Å²) in [7, 11) is -1.68. The fourth-order valence-corrected chi connectivity index (χ4v) is 4.18. The summed E-state index contributed by atoms with van der Waals surface area (Å²) in [5.74, 6) is -1.10. The van der Waals surface area contributed by atoms with Crippen molar-refractivity contribution < 1.29 is 27.2 Å². The van der Waals surface area contributed by atoms with Gasteiger partial charge < -0.3 is 19.4 Å². The molecule has 0 bridgehead atoms. The SMILES string of the molecule is COCCN(C(=O)C(=O)NCc1ccco1)C1CCS(=O)(=O)C1. The Bertz CT molecular complexity index is 640. The molecule has 1 N–H and O–H groups in total. The molecule has 1 aliphatic heterocycles. The first-order chi connectivity index (χ1) is 10.9. The van der Waals surface area contributed by atoms with Gasteiger partial charge in [0.05, 0.1) is 30.9 Å². The highest BCUT2D eigenvalue weighted by atomic mass is 32.2. The van der Waals surface area contributed by atoms with Crippen LogP contribution in [0.1, 0.15) is 12.2 Å². The summed E-state index contributed by atoms with van der Waals surface area (Å²) in [6.07, 6.45) is 1.81. The maximum Gasteiger partial charge on any atom is 0.312 e. The number of furan rings is 1. The summed E-state index contributed by atoms with van der Waals surface area (Å²) in [5, 5.41) is 2.47. The van der Waals surface area contributed by atoms with Crippen LogP contribution >= 0.6 is 0 Å². The molecule has 0 aliphatic carbocycles. The monoisotopic (exact) mass is 344 g/mol. The van der Waals surface area contributed by atoms with E-state index in [9.17, 15) is 18.0 Å². The van der Waals surface area contributed by atoms with E-state index in [-0.39, 0.29) is 31.2 Å². The van der Waals surface area contributed by atoms with Crippen molar-refractivity contribution >= 4 is 21.7 Å². The van der Waals surface area contributed by atoms with Crippen LogP contribution in [0, 0.1) is 0 Å². The van der Waals surface area contributed by atoms with Gasteiger partial charge in [-0.25, -0.2) is 8.42 Å². The molecule has 1 saturated heterocycles. The highest BCUT2D eigenvalue weighted by molar-refractivity contribution is 7.91. The number of carbonyl (C=O) groups excluding carboxylic acids is 2. The Labute approximate surface area is 134 Å². The van der Waals surface area contributed by atoms with E-state index in [1.54, 1.807) is 12.1 Å². The molecule has 8 nitrogen and oxygen atoms in total. The lowest BCUT2D eigenvalue weighted by molar-refractivity contribution is -0.147. The molecule has 1 aromatic heterocycles. The fraction of sp³-hybridized carbons (Fsp3) is 0.571. The molecule has 2 rings (SSSR count). The molecule has 2 heterocycles. The topological polar surface area (TPSA) is 106 Å². The van der Waals surface area contributed by atoms with Crippen LogP contribution in [0.4, 0.5) is 0 Å². The first-order valence-corrected chi connectivity index (χ1v) is 9.05. The van der Waals surface area contributed by atoms with E-state index in [4.69, 9.17) is 9.15 Å². The lowest BCUT2D eigenvalue weighted by Crippen LogP contribution is -2.49. The number of methoxy groups -OCH3 is 1. The third-order valence-corrected chi connectivity index (χ3v) is 5.39. The van der Waals surface area contributed by atoms with Gasteiger partial charge in [-0.05, 0) is 18.6 Å². The second-order valence-electron chi connectivity index (χ2n) is 5.31. The van der Waals surface area contributed by atoms with Crippen molar-refractivity contribution in [1.29, 1.82) is 0 Å². The molecule has 2 amide bonds. The van der Waals surface area contributed by atoms with Gasteiger partial charge in [0.15, 0.2) is 9.84 Å². The van der Waals surface area contributed by atoms with Crippen LogP contribution in [0.5, 0.6) is 0 Å². The number of nitrogens with zero attached hydrogens (tertiary/aromatic N) is 1. The number of ether oxygens (including phenoxy) is 1. The second kappa shape index (κ2) is 7.60. The van der Waals surface area contributed by atoms with Gasteiger partial charge in [0.25, 0.3) is 0 Å². The van der Waals surface area contributed by atoms with Gasteiger partial charge in [0.2, 0.25) is 0 Å². The molecular weight excluding hydrogens is 324 g/mol. The lowest BCUT2D eigenvalue weighted by atomic mass is 10.2. The van der Waals surface area contributed by atoms with Crippen molar-refractivity contribution in [2.45, 2.75) is 19.0 Å². The average Bonchev–Trinajstić information content (AvgIpc) is 3.14. The fourth-order valence-electron chi connectivity index (χ4n) is 2.45. The molecule has 0 radical (unpaired) electrons. The van der Waals surface area contributed by atoms with Crippen molar-refractivity contribution in [3.63, 3.8) is 0 Å². The molecule has 128 valence electrons. The maximum atomic E-state index is 12.3.